The fourth-order valence-corrected chi connectivity index (χ4v) is 14.7. The topological polar surface area (TPSA) is 288 Å². The number of esters is 3. The zero-order valence-corrected chi connectivity index (χ0v) is 65.2. The molecule has 20 heterocycles. The summed E-state index contributed by atoms with van der Waals surface area (Å²) >= 11 is 0. The van der Waals surface area contributed by atoms with E-state index in [1.807, 2.05) is 24.3 Å². The van der Waals surface area contributed by atoms with Gasteiger partial charge in [0.05, 0.1) is 190 Å². The van der Waals surface area contributed by atoms with Crippen molar-refractivity contribution >= 4 is 90.4 Å². The van der Waals surface area contributed by atoms with Gasteiger partial charge in [-0.05, 0) is 64.2 Å². The number of fused-ring (bicyclic) bond motifs is 16. The molecular formula is C75H107Al2Li2O24+. The van der Waals surface area contributed by atoms with Gasteiger partial charge in [-0.1, -0.05) is 91.6 Å². The predicted octanol–water partition coefficient (Wildman–Crippen LogP) is 3.03. The van der Waals surface area contributed by atoms with Crippen molar-refractivity contribution in [2.45, 2.75) is 180 Å². The summed E-state index contributed by atoms with van der Waals surface area (Å²) in [6.45, 7) is 11.4. The molecular weight excluding hydrogens is 1350 g/mol. The number of hydrogen-bond donors (Lipinski definition) is 3. The Morgan fingerprint density at radius 1 is 0.427 bits per heavy atom. The number of carbonyl (C=O) groups excluding carboxylic acids is 3. The van der Waals surface area contributed by atoms with Crippen molar-refractivity contribution in [2.24, 2.45) is 47.3 Å². The minimum Gasteiger partial charge on any atom is -0.469 e. The van der Waals surface area contributed by atoms with Crippen molar-refractivity contribution in [3.05, 3.63) is 122 Å². The van der Waals surface area contributed by atoms with Crippen LogP contribution in [-0.2, 0) is 99.6 Å². The normalized spacial score (nSPS) is 39.3. The SMILES string of the molecule is C1=CC2OC1CC2COCC1CO1.C1=CC2OC1CC2COCC1CO1.C1=CC2OC1CC2COCC1CO1.C=CC(=O)OC.COC(=O)C1CC2C=CC1O2.COC(=O)C1CC2C=CC1O2.OCC1CC2C=CC1O2.OCC1CC2C=CC1O2.OCC1CC2CCC1O2.[AlH2].[AlH2].[C+]1=CC=CO1.[Li].[Li]. The molecule has 0 spiro atoms. The maximum atomic E-state index is 11.1. The molecule has 28 heteroatoms. The first-order valence-corrected chi connectivity index (χ1v) is 35.6. The Balaban J connectivity index is 0.000000161. The van der Waals surface area contributed by atoms with E-state index in [1.54, 1.807) is 18.4 Å². The average Bonchev–Trinajstić information content (AvgIpc) is 1.64. The third kappa shape index (κ3) is 26.7. The Morgan fingerprint density at radius 2 is 0.757 bits per heavy atom. The number of aliphatic hydroxyl groups is 3. The molecule has 12 fully saturated rings. The van der Waals surface area contributed by atoms with Gasteiger partial charge in [0.2, 0.25) is 6.26 Å². The van der Waals surface area contributed by atoms with Crippen molar-refractivity contribution in [3.8, 4) is 0 Å². The van der Waals surface area contributed by atoms with Crippen LogP contribution in [0, 0.1) is 53.6 Å². The van der Waals surface area contributed by atoms with Gasteiger partial charge in [-0.3, -0.25) is 14.3 Å². The molecule has 27 atom stereocenters. The van der Waals surface area contributed by atoms with Gasteiger partial charge in [0.15, 0.2) is 6.08 Å². The maximum Gasteiger partial charge on any atom is 0.329 e. The second-order valence-corrected chi connectivity index (χ2v) is 27.7. The van der Waals surface area contributed by atoms with E-state index in [4.69, 9.17) is 81.6 Å². The van der Waals surface area contributed by atoms with Crippen molar-refractivity contribution in [1.82, 2.24) is 0 Å². The Morgan fingerprint density at radius 3 is 0.922 bits per heavy atom. The van der Waals surface area contributed by atoms with Crippen LogP contribution in [0.2, 0.25) is 0 Å². The van der Waals surface area contributed by atoms with Gasteiger partial charge in [0.1, 0.15) is 59.1 Å². The second-order valence-electron chi connectivity index (χ2n) is 27.7. The Bertz CT molecular complexity index is 2660. The Kier molecular flexibility index (Phi) is 37.9. The first kappa shape index (κ1) is 87.3. The Labute approximate surface area is 651 Å². The van der Waals surface area contributed by atoms with Crippen LogP contribution >= 0.6 is 0 Å². The van der Waals surface area contributed by atoms with Gasteiger partial charge in [0.25, 0.3) is 6.26 Å². The van der Waals surface area contributed by atoms with Crippen LogP contribution in [0.25, 0.3) is 0 Å². The van der Waals surface area contributed by atoms with Crippen molar-refractivity contribution in [1.29, 1.82) is 0 Å². The molecule has 12 saturated heterocycles. The van der Waals surface area contributed by atoms with Crippen LogP contribution in [0.5, 0.6) is 0 Å². The molecule has 0 aromatic heterocycles. The van der Waals surface area contributed by atoms with Crippen molar-refractivity contribution < 1.29 is 115 Å². The molecule has 0 aromatic rings. The molecule has 0 amide bonds. The molecule has 0 aliphatic carbocycles. The van der Waals surface area contributed by atoms with E-state index in [9.17, 15) is 14.4 Å². The molecule has 20 rings (SSSR count). The van der Waals surface area contributed by atoms with Crippen molar-refractivity contribution in [3.63, 3.8) is 0 Å². The van der Waals surface area contributed by atoms with Crippen LogP contribution in [0.4, 0.5) is 0 Å². The summed E-state index contributed by atoms with van der Waals surface area (Å²) in [5, 5.41) is 26.4. The summed E-state index contributed by atoms with van der Waals surface area (Å²) < 4.78 is 93.8. The number of ether oxygens (including phenoxy) is 18. The van der Waals surface area contributed by atoms with E-state index < -0.39 is 5.97 Å². The van der Waals surface area contributed by atoms with Gasteiger partial charge in [-0.25, -0.2) is 4.79 Å². The fraction of sp³-hybridized carbons (Fsp3) is 0.693. The number of epoxide rings is 3. The molecule has 24 nitrogen and oxygen atoms in total. The maximum absolute atomic E-state index is 11.1. The molecule has 3 N–H and O–H groups in total. The quantitative estimate of drug-likeness (QED) is 0.0338. The van der Waals surface area contributed by atoms with E-state index in [1.165, 1.54) is 34.2 Å². The second kappa shape index (κ2) is 44.7. The van der Waals surface area contributed by atoms with Crippen molar-refractivity contribution in [2.75, 3.05) is 101 Å². The van der Waals surface area contributed by atoms with Crippen LogP contribution < -0.4 is 0 Å². The van der Waals surface area contributed by atoms with Crippen LogP contribution in [0.1, 0.15) is 64.2 Å². The zero-order chi connectivity index (χ0) is 69.0. The number of carbonyl (C=O) groups is 3. The number of allylic oxidation sites excluding steroid dienone is 2. The summed E-state index contributed by atoms with van der Waals surface area (Å²) in [7, 11) is 4.14. The van der Waals surface area contributed by atoms with Gasteiger partial charge in [-0.2, -0.15) is 0 Å². The molecule has 558 valence electrons. The molecule has 27 unspecified atom stereocenters. The number of aliphatic hydroxyl groups excluding tert-OH is 3. The molecule has 20 aliphatic rings. The van der Waals surface area contributed by atoms with Gasteiger partial charge >= 0.3 is 17.9 Å². The minimum absolute atomic E-state index is 0. The Hall–Kier alpha value is -2.90. The minimum atomic E-state index is -0.394. The average molecular weight is 1460 g/mol. The summed E-state index contributed by atoms with van der Waals surface area (Å²) in [6, 6.07) is 0. The summed E-state index contributed by atoms with van der Waals surface area (Å²) in [5.74, 6) is 2.13. The molecule has 103 heavy (non-hydrogen) atoms. The van der Waals surface area contributed by atoms with Crippen LogP contribution in [0.3, 0.4) is 0 Å². The third-order valence-electron chi connectivity index (χ3n) is 20.5. The summed E-state index contributed by atoms with van der Waals surface area (Å²) in [6.07, 6.45) is 53.7. The molecule has 16 bridgehead atoms. The predicted molar refractivity (Wildman–Crippen MR) is 383 cm³/mol. The first-order chi connectivity index (χ1) is 48.4. The standard InChI is InChI=1S/3C10H14O3.2C8H10O3.C7H12O2.2C7H10O2.C4H6O2.C4H3O.2Al.2Li.4H/c3*1-2-10-7(3-8(1)13-10)4-11-5-9-6-12-9;2*1-10-8(9)6-4-5-2-3-7(6)11-5;3*8-4-5-3-6-1-2-7(5)9-6;1-3-4(5)6-2;1-2-4-5-3-1;;;;;;;;/h3*1-2,7-10H,3-6H2;2*2-3,5-7H,4H2,1H3;5-8H,1-4H2;2*1-2,5-8H,3-4H2;3H,1H2,2H3;1-3H;;;;;;;;/q;;;;;;;;;+1;;;;;;;;. The van der Waals surface area contributed by atoms with Crippen LogP contribution in [-0.4, -0.2) is 322 Å². The molecule has 0 aromatic carbocycles. The summed E-state index contributed by atoms with van der Waals surface area (Å²) in [5.41, 5.74) is 0. The number of methoxy groups -OCH3 is 3. The molecule has 20 aliphatic heterocycles. The van der Waals surface area contributed by atoms with Gasteiger partial charge < -0.3 is 95.8 Å². The first-order valence-electron chi connectivity index (χ1n) is 35.6. The van der Waals surface area contributed by atoms with E-state index in [-0.39, 0.29) is 146 Å². The fourth-order valence-electron chi connectivity index (χ4n) is 14.7. The van der Waals surface area contributed by atoms with Crippen LogP contribution in [0.15, 0.2) is 116 Å². The van der Waals surface area contributed by atoms with E-state index in [0.29, 0.717) is 121 Å². The smallest absolute Gasteiger partial charge is 0.329 e. The number of hydrogen-bond acceptors (Lipinski definition) is 24. The summed E-state index contributed by atoms with van der Waals surface area (Å²) in [4.78, 5) is 32.0. The molecule has 0 saturated carbocycles. The third-order valence-corrected chi connectivity index (χ3v) is 20.5. The van der Waals surface area contributed by atoms with Gasteiger partial charge in [-0.15, -0.1) is 0 Å². The van der Waals surface area contributed by atoms with Gasteiger partial charge in [0, 0.05) is 99.1 Å². The van der Waals surface area contributed by atoms with E-state index >= 15 is 0 Å². The zero-order valence-electron chi connectivity index (χ0n) is 61.2. The monoisotopic (exact) mass is 1460 g/mol. The number of rotatable bonds is 18. The van der Waals surface area contributed by atoms with E-state index in [0.717, 1.165) is 117 Å². The molecule has 4 radical (unpaired) electrons. The van der Waals surface area contributed by atoms with E-state index in [2.05, 4.69) is 92.5 Å². The largest absolute Gasteiger partial charge is 0.469 e.